The van der Waals surface area contributed by atoms with Crippen molar-refractivity contribution in [2.45, 2.75) is 6.92 Å². The summed E-state index contributed by atoms with van der Waals surface area (Å²) in [7, 11) is 1.63. The molecule has 0 aliphatic carbocycles. The highest BCUT2D eigenvalue weighted by Crippen LogP contribution is 2.24. The maximum atomic E-state index is 11.0. The molecule has 9 heteroatoms. The van der Waals surface area contributed by atoms with Crippen LogP contribution in [-0.2, 0) is 0 Å². The van der Waals surface area contributed by atoms with Crippen LogP contribution in [0.3, 0.4) is 0 Å². The Morgan fingerprint density at radius 1 is 1.47 bits per heavy atom. The van der Waals surface area contributed by atoms with E-state index in [0.717, 1.165) is 0 Å². The van der Waals surface area contributed by atoms with Crippen molar-refractivity contribution in [2.75, 3.05) is 12.4 Å². The molecule has 17 heavy (non-hydrogen) atoms. The number of aryl methyl sites for hydroxylation is 1. The molecule has 0 unspecified atom stereocenters. The van der Waals surface area contributed by atoms with Crippen molar-refractivity contribution in [1.29, 1.82) is 0 Å². The van der Waals surface area contributed by atoms with E-state index in [-0.39, 0.29) is 17.2 Å². The van der Waals surface area contributed by atoms with E-state index in [9.17, 15) is 10.1 Å². The first-order chi connectivity index (χ1) is 8.13. The van der Waals surface area contributed by atoms with E-state index in [1.807, 2.05) is 0 Å². The number of aromatic nitrogens is 5. The molecule has 2 heterocycles. The van der Waals surface area contributed by atoms with Crippen LogP contribution in [0.5, 0.6) is 0 Å². The molecule has 0 saturated carbocycles. The number of nitrogens with zero attached hydrogens (tertiary/aromatic N) is 6. The number of rotatable bonds is 3. The van der Waals surface area contributed by atoms with Gasteiger partial charge in [0.1, 0.15) is 18.3 Å². The minimum Gasteiger partial charge on any atom is -0.357 e. The lowest BCUT2D eigenvalue weighted by Crippen LogP contribution is -2.09. The number of anilines is 1. The highest BCUT2D eigenvalue weighted by Gasteiger charge is 2.23. The predicted molar refractivity (Wildman–Crippen MR) is 57.9 cm³/mol. The van der Waals surface area contributed by atoms with Gasteiger partial charge in [-0.25, -0.2) is 9.97 Å². The zero-order valence-electron chi connectivity index (χ0n) is 9.15. The van der Waals surface area contributed by atoms with Gasteiger partial charge in [0.15, 0.2) is 0 Å². The van der Waals surface area contributed by atoms with Gasteiger partial charge in [-0.2, -0.15) is 14.8 Å². The lowest BCUT2D eigenvalue weighted by atomic mass is 10.3. The number of nitro groups is 1. The quantitative estimate of drug-likeness (QED) is 0.602. The van der Waals surface area contributed by atoms with E-state index in [4.69, 9.17) is 0 Å². The fraction of sp³-hybridized carbons (Fsp3) is 0.250. The minimum absolute atomic E-state index is 0.0874. The molecule has 1 N–H and O–H groups in total. The molecule has 2 rings (SSSR count). The van der Waals surface area contributed by atoms with E-state index in [2.05, 4.69) is 25.4 Å². The van der Waals surface area contributed by atoms with E-state index in [1.54, 1.807) is 14.0 Å². The van der Waals surface area contributed by atoms with Crippen LogP contribution in [0, 0.1) is 17.0 Å². The first-order valence-corrected chi connectivity index (χ1v) is 4.69. The molecule has 0 aliphatic rings. The van der Waals surface area contributed by atoms with Crippen LogP contribution in [0.25, 0.3) is 5.82 Å². The van der Waals surface area contributed by atoms with Crippen LogP contribution in [-0.4, -0.2) is 36.7 Å². The van der Waals surface area contributed by atoms with Gasteiger partial charge in [-0.15, -0.1) is 0 Å². The van der Waals surface area contributed by atoms with Crippen LogP contribution < -0.4 is 5.32 Å². The summed E-state index contributed by atoms with van der Waals surface area (Å²) in [6.45, 7) is 1.54. The number of hydrogen-bond acceptors (Lipinski definition) is 7. The maximum Gasteiger partial charge on any atom is 0.334 e. The summed E-state index contributed by atoms with van der Waals surface area (Å²) >= 11 is 0. The third kappa shape index (κ3) is 1.89. The Hall–Kier alpha value is -2.58. The molecular formula is C8H9N7O2. The normalized spacial score (nSPS) is 10.2. The van der Waals surface area contributed by atoms with E-state index in [1.165, 1.54) is 17.3 Å². The lowest BCUT2D eigenvalue weighted by Gasteiger charge is -2.06. The fourth-order valence-corrected chi connectivity index (χ4v) is 1.35. The summed E-state index contributed by atoms with van der Waals surface area (Å²) in [5, 5.41) is 17.5. The van der Waals surface area contributed by atoms with Crippen molar-refractivity contribution in [1.82, 2.24) is 24.7 Å². The van der Waals surface area contributed by atoms with Crippen molar-refractivity contribution in [3.63, 3.8) is 0 Å². The average Bonchev–Trinajstić information content (AvgIpc) is 2.80. The highest BCUT2D eigenvalue weighted by atomic mass is 16.6. The highest BCUT2D eigenvalue weighted by molar-refractivity contribution is 5.52. The molecule has 0 fully saturated rings. The van der Waals surface area contributed by atoms with E-state index in [0.29, 0.717) is 5.95 Å². The smallest absolute Gasteiger partial charge is 0.334 e. The molecule has 2 aromatic rings. The third-order valence-electron chi connectivity index (χ3n) is 2.08. The summed E-state index contributed by atoms with van der Waals surface area (Å²) in [6, 6.07) is 0. The number of nitrogens with one attached hydrogen (secondary N) is 1. The van der Waals surface area contributed by atoms with Gasteiger partial charge in [0.2, 0.25) is 11.8 Å². The zero-order valence-corrected chi connectivity index (χ0v) is 9.15. The van der Waals surface area contributed by atoms with Crippen molar-refractivity contribution in [3.8, 4) is 5.82 Å². The molecular weight excluding hydrogens is 226 g/mol. The predicted octanol–water partition coefficient (Wildman–Crippen LogP) is 0.316. The first-order valence-electron chi connectivity index (χ1n) is 4.69. The van der Waals surface area contributed by atoms with Gasteiger partial charge in [-0.1, -0.05) is 0 Å². The third-order valence-corrected chi connectivity index (χ3v) is 2.08. The second-order valence-corrected chi connectivity index (χ2v) is 3.15. The molecule has 0 atom stereocenters. The summed E-state index contributed by atoms with van der Waals surface area (Å²) < 4.78 is 1.23. The molecule has 0 saturated heterocycles. The summed E-state index contributed by atoms with van der Waals surface area (Å²) in [5.41, 5.74) is 0.0781. The van der Waals surface area contributed by atoms with Gasteiger partial charge in [-0.05, 0) is 6.92 Å². The molecule has 0 aromatic carbocycles. The topological polar surface area (TPSA) is 112 Å². The van der Waals surface area contributed by atoms with E-state index < -0.39 is 4.92 Å². The molecule has 0 radical (unpaired) electrons. The summed E-state index contributed by atoms with van der Waals surface area (Å²) in [5.74, 6) is 0.378. The van der Waals surface area contributed by atoms with E-state index >= 15 is 0 Å². The standard InChI is InChI=1S/C8H9N7O2/c1-5-6(15(16)17)7(13-8(9-2)12-5)14-4-10-3-11-14/h3-4H,1-2H3,(H,9,12,13). The van der Waals surface area contributed by atoms with Crippen LogP contribution >= 0.6 is 0 Å². The molecule has 0 aliphatic heterocycles. The van der Waals surface area contributed by atoms with Crippen LogP contribution in [0.15, 0.2) is 12.7 Å². The maximum absolute atomic E-state index is 11.0. The summed E-state index contributed by atoms with van der Waals surface area (Å²) in [6.07, 6.45) is 2.62. The Kier molecular flexibility index (Phi) is 2.65. The van der Waals surface area contributed by atoms with Crippen LogP contribution in [0.2, 0.25) is 0 Å². The molecule has 2 aromatic heterocycles. The second-order valence-electron chi connectivity index (χ2n) is 3.15. The average molecular weight is 235 g/mol. The Bertz CT molecular complexity index is 551. The Morgan fingerprint density at radius 3 is 2.76 bits per heavy atom. The first kappa shape index (κ1) is 10.9. The lowest BCUT2D eigenvalue weighted by molar-refractivity contribution is -0.385. The second kappa shape index (κ2) is 4.12. The molecule has 0 spiro atoms. The zero-order chi connectivity index (χ0) is 12.4. The van der Waals surface area contributed by atoms with Gasteiger partial charge < -0.3 is 5.32 Å². The Morgan fingerprint density at radius 2 is 2.24 bits per heavy atom. The van der Waals surface area contributed by atoms with Crippen molar-refractivity contribution in [2.24, 2.45) is 0 Å². The molecule has 88 valence electrons. The van der Waals surface area contributed by atoms with Crippen LogP contribution in [0.4, 0.5) is 11.6 Å². The van der Waals surface area contributed by atoms with Crippen molar-refractivity contribution >= 4 is 11.6 Å². The van der Waals surface area contributed by atoms with Crippen LogP contribution in [0.1, 0.15) is 5.69 Å². The van der Waals surface area contributed by atoms with Gasteiger partial charge in [0.05, 0.1) is 4.92 Å². The van der Waals surface area contributed by atoms with Gasteiger partial charge in [0, 0.05) is 7.05 Å². The van der Waals surface area contributed by atoms with Gasteiger partial charge in [0.25, 0.3) is 0 Å². The Labute approximate surface area is 95.7 Å². The minimum atomic E-state index is -0.536. The van der Waals surface area contributed by atoms with Crippen molar-refractivity contribution < 1.29 is 4.92 Å². The molecule has 0 bridgehead atoms. The van der Waals surface area contributed by atoms with Gasteiger partial charge in [-0.3, -0.25) is 10.1 Å². The molecule has 9 nitrogen and oxygen atoms in total. The SMILES string of the molecule is CNc1nc(C)c([N+](=O)[O-])c(-n2cncn2)n1. The van der Waals surface area contributed by atoms with Gasteiger partial charge >= 0.3 is 5.69 Å². The largest absolute Gasteiger partial charge is 0.357 e. The summed E-state index contributed by atoms with van der Waals surface area (Å²) in [4.78, 5) is 22.1. The fourth-order valence-electron chi connectivity index (χ4n) is 1.35. The number of hydrogen-bond donors (Lipinski definition) is 1. The Balaban J connectivity index is 2.70. The van der Waals surface area contributed by atoms with Crippen molar-refractivity contribution in [3.05, 3.63) is 28.5 Å². The monoisotopic (exact) mass is 235 g/mol. The molecule has 0 amide bonds.